The zero-order valence-corrected chi connectivity index (χ0v) is 8.75. The maximum absolute atomic E-state index is 11.1. The van der Waals surface area contributed by atoms with Crippen LogP contribution >= 0.6 is 0 Å². The van der Waals surface area contributed by atoms with Crippen molar-refractivity contribution >= 4 is 5.91 Å². The molecule has 1 saturated heterocycles. The van der Waals surface area contributed by atoms with Crippen molar-refractivity contribution < 1.29 is 4.79 Å². The normalized spacial score (nSPS) is 18.6. The third kappa shape index (κ3) is 4.39. The molecule has 1 aliphatic rings. The second-order valence-electron chi connectivity index (χ2n) is 3.38. The number of carbonyl (C=O) groups is 1. The van der Waals surface area contributed by atoms with Crippen LogP contribution in [0.15, 0.2) is 12.2 Å². The van der Waals surface area contributed by atoms with Crippen LogP contribution in [-0.2, 0) is 4.79 Å². The molecular weight excluding hydrogens is 178 g/mol. The van der Waals surface area contributed by atoms with Crippen molar-refractivity contribution in [2.75, 3.05) is 39.3 Å². The molecule has 4 heteroatoms. The van der Waals surface area contributed by atoms with Crippen LogP contribution in [0.25, 0.3) is 0 Å². The summed E-state index contributed by atoms with van der Waals surface area (Å²) in [4.78, 5) is 13.4. The summed E-state index contributed by atoms with van der Waals surface area (Å²) in [7, 11) is 0. The second kappa shape index (κ2) is 6.56. The van der Waals surface area contributed by atoms with E-state index in [9.17, 15) is 4.79 Å². The molecule has 0 unspecified atom stereocenters. The van der Waals surface area contributed by atoms with Crippen molar-refractivity contribution in [3.05, 3.63) is 12.2 Å². The Morgan fingerprint density at radius 2 is 2.21 bits per heavy atom. The van der Waals surface area contributed by atoms with E-state index in [1.54, 1.807) is 12.2 Å². The fourth-order valence-corrected chi connectivity index (χ4v) is 1.48. The fraction of sp³-hybridized carbons (Fsp3) is 0.700. The van der Waals surface area contributed by atoms with E-state index in [-0.39, 0.29) is 5.91 Å². The topological polar surface area (TPSA) is 44.4 Å². The Balaban J connectivity index is 2.05. The van der Waals surface area contributed by atoms with Crippen LogP contribution in [0.2, 0.25) is 0 Å². The van der Waals surface area contributed by atoms with E-state index >= 15 is 0 Å². The van der Waals surface area contributed by atoms with Crippen LogP contribution in [0.5, 0.6) is 0 Å². The summed E-state index contributed by atoms with van der Waals surface area (Å²) in [6, 6.07) is 0. The molecule has 80 valence electrons. The summed E-state index contributed by atoms with van der Waals surface area (Å²) in [5.74, 6) is 0.00244. The van der Waals surface area contributed by atoms with Gasteiger partial charge in [-0.2, -0.15) is 0 Å². The van der Waals surface area contributed by atoms with Gasteiger partial charge in [-0.15, -0.1) is 0 Å². The molecule has 0 saturated carbocycles. The van der Waals surface area contributed by atoms with E-state index in [4.69, 9.17) is 0 Å². The Morgan fingerprint density at radius 3 is 2.86 bits per heavy atom. The van der Waals surface area contributed by atoms with Crippen LogP contribution in [0.3, 0.4) is 0 Å². The first-order valence-electron chi connectivity index (χ1n) is 5.16. The van der Waals surface area contributed by atoms with Crippen LogP contribution in [0.4, 0.5) is 0 Å². The summed E-state index contributed by atoms with van der Waals surface area (Å²) >= 11 is 0. The smallest absolute Gasteiger partial charge is 0.243 e. The lowest BCUT2D eigenvalue weighted by molar-refractivity contribution is -0.116. The van der Waals surface area contributed by atoms with E-state index in [0.717, 1.165) is 39.3 Å². The Hall–Kier alpha value is -0.870. The Kier molecular flexibility index (Phi) is 5.25. The Bertz CT molecular complexity index is 198. The molecule has 14 heavy (non-hydrogen) atoms. The van der Waals surface area contributed by atoms with Gasteiger partial charge in [-0.3, -0.25) is 9.69 Å². The van der Waals surface area contributed by atoms with Crippen molar-refractivity contribution in [1.82, 2.24) is 15.5 Å². The predicted molar refractivity (Wildman–Crippen MR) is 57.1 cm³/mol. The van der Waals surface area contributed by atoms with E-state index in [1.807, 2.05) is 6.92 Å². The standard InChI is InChI=1S/C10H19N3O/c1-2-3-10(14)12-6-9-13-7-4-11-5-8-13/h2-3,11H,4-9H2,1H3,(H,12,14). The van der Waals surface area contributed by atoms with Gasteiger partial charge in [0.05, 0.1) is 0 Å². The molecule has 0 radical (unpaired) electrons. The quantitative estimate of drug-likeness (QED) is 0.602. The van der Waals surface area contributed by atoms with Gasteiger partial charge in [0, 0.05) is 39.3 Å². The lowest BCUT2D eigenvalue weighted by atomic mass is 10.3. The molecule has 0 aromatic heterocycles. The highest BCUT2D eigenvalue weighted by Gasteiger charge is 2.08. The minimum atomic E-state index is 0.00244. The van der Waals surface area contributed by atoms with E-state index in [1.165, 1.54) is 0 Å². The number of nitrogens with zero attached hydrogens (tertiary/aromatic N) is 1. The van der Waals surface area contributed by atoms with Gasteiger partial charge in [-0.05, 0) is 13.0 Å². The molecule has 1 rings (SSSR count). The molecule has 0 spiro atoms. The molecule has 1 aliphatic heterocycles. The summed E-state index contributed by atoms with van der Waals surface area (Å²) in [5.41, 5.74) is 0. The van der Waals surface area contributed by atoms with Crippen molar-refractivity contribution in [3.8, 4) is 0 Å². The molecular formula is C10H19N3O. The van der Waals surface area contributed by atoms with E-state index in [0.29, 0.717) is 0 Å². The van der Waals surface area contributed by atoms with Gasteiger partial charge in [0.15, 0.2) is 0 Å². The van der Waals surface area contributed by atoms with Crippen LogP contribution < -0.4 is 10.6 Å². The largest absolute Gasteiger partial charge is 0.351 e. The zero-order chi connectivity index (χ0) is 10.2. The highest BCUT2D eigenvalue weighted by atomic mass is 16.1. The average Bonchev–Trinajstić information content (AvgIpc) is 2.20. The number of allylic oxidation sites excluding steroid dienone is 1. The minimum absolute atomic E-state index is 0.00244. The van der Waals surface area contributed by atoms with Gasteiger partial charge in [-0.1, -0.05) is 6.08 Å². The number of carbonyl (C=O) groups excluding carboxylic acids is 1. The summed E-state index contributed by atoms with van der Waals surface area (Å²) in [6.07, 6.45) is 3.30. The van der Waals surface area contributed by atoms with Crippen molar-refractivity contribution in [3.63, 3.8) is 0 Å². The fourth-order valence-electron chi connectivity index (χ4n) is 1.48. The summed E-state index contributed by atoms with van der Waals surface area (Å²) in [5, 5.41) is 6.14. The number of hydrogen-bond acceptors (Lipinski definition) is 3. The molecule has 1 heterocycles. The molecule has 0 aromatic carbocycles. The number of amides is 1. The molecule has 0 aliphatic carbocycles. The number of rotatable bonds is 4. The first kappa shape index (κ1) is 11.2. The lowest BCUT2D eigenvalue weighted by Gasteiger charge is -2.26. The van der Waals surface area contributed by atoms with Crippen LogP contribution in [0.1, 0.15) is 6.92 Å². The minimum Gasteiger partial charge on any atom is -0.351 e. The van der Waals surface area contributed by atoms with E-state index < -0.39 is 0 Å². The van der Waals surface area contributed by atoms with Crippen LogP contribution in [0, 0.1) is 0 Å². The van der Waals surface area contributed by atoms with Crippen LogP contribution in [-0.4, -0.2) is 50.1 Å². The third-order valence-electron chi connectivity index (χ3n) is 2.25. The first-order valence-corrected chi connectivity index (χ1v) is 5.16. The maximum Gasteiger partial charge on any atom is 0.243 e. The van der Waals surface area contributed by atoms with Crippen molar-refractivity contribution in [1.29, 1.82) is 0 Å². The number of nitrogens with one attached hydrogen (secondary N) is 2. The molecule has 4 nitrogen and oxygen atoms in total. The van der Waals surface area contributed by atoms with Gasteiger partial charge in [-0.25, -0.2) is 0 Å². The second-order valence-corrected chi connectivity index (χ2v) is 3.38. The number of hydrogen-bond donors (Lipinski definition) is 2. The van der Waals surface area contributed by atoms with Gasteiger partial charge in [0.1, 0.15) is 0 Å². The predicted octanol–water partition coefficient (Wildman–Crippen LogP) is -0.416. The summed E-state index contributed by atoms with van der Waals surface area (Å²) < 4.78 is 0. The van der Waals surface area contributed by atoms with Crippen molar-refractivity contribution in [2.24, 2.45) is 0 Å². The highest BCUT2D eigenvalue weighted by Crippen LogP contribution is 1.89. The molecule has 1 fully saturated rings. The summed E-state index contributed by atoms with van der Waals surface area (Å²) in [6.45, 7) is 7.81. The van der Waals surface area contributed by atoms with Gasteiger partial charge in [0.25, 0.3) is 0 Å². The Morgan fingerprint density at radius 1 is 1.50 bits per heavy atom. The third-order valence-corrected chi connectivity index (χ3v) is 2.25. The number of piperazine rings is 1. The van der Waals surface area contributed by atoms with Gasteiger partial charge in [0.2, 0.25) is 5.91 Å². The molecule has 0 atom stereocenters. The molecule has 2 N–H and O–H groups in total. The highest BCUT2D eigenvalue weighted by molar-refractivity contribution is 5.87. The average molecular weight is 197 g/mol. The van der Waals surface area contributed by atoms with Gasteiger partial charge < -0.3 is 10.6 Å². The van der Waals surface area contributed by atoms with Gasteiger partial charge >= 0.3 is 0 Å². The van der Waals surface area contributed by atoms with E-state index in [2.05, 4.69) is 15.5 Å². The lowest BCUT2D eigenvalue weighted by Crippen LogP contribution is -2.46. The Labute approximate surface area is 85.3 Å². The maximum atomic E-state index is 11.1. The van der Waals surface area contributed by atoms with Crippen molar-refractivity contribution in [2.45, 2.75) is 6.92 Å². The monoisotopic (exact) mass is 197 g/mol. The molecule has 0 bridgehead atoms. The zero-order valence-electron chi connectivity index (χ0n) is 8.75. The molecule has 1 amide bonds. The SMILES string of the molecule is CC=CC(=O)NCCN1CCNCC1. The first-order chi connectivity index (χ1) is 6.83. The molecule has 0 aromatic rings.